The van der Waals surface area contributed by atoms with Crippen LogP contribution in [0, 0.1) is 5.92 Å². The molecular weight excluding hydrogens is 168 g/mol. The highest BCUT2D eigenvalue weighted by atomic mass is 16.5. The topological polar surface area (TPSA) is 49.7 Å². The second kappa shape index (κ2) is 9.96. The molecule has 2 N–H and O–H groups in total. The second-order valence-electron chi connectivity index (χ2n) is 2.91. The van der Waals surface area contributed by atoms with Crippen LogP contribution in [0.25, 0.3) is 0 Å². The predicted octanol–water partition coefficient (Wildman–Crippen LogP) is 1.43. The van der Waals surface area contributed by atoms with Crippen LogP contribution in [-0.4, -0.2) is 36.1 Å². The van der Waals surface area contributed by atoms with Gasteiger partial charge in [0.05, 0.1) is 18.8 Å². The first-order chi connectivity index (χ1) is 6.20. The van der Waals surface area contributed by atoms with Crippen molar-refractivity contribution in [1.29, 1.82) is 0 Å². The molecule has 13 heavy (non-hydrogen) atoms. The van der Waals surface area contributed by atoms with Crippen molar-refractivity contribution in [3.63, 3.8) is 0 Å². The lowest BCUT2D eigenvalue weighted by atomic mass is 9.96. The number of hydrogen-bond acceptors (Lipinski definition) is 3. The van der Waals surface area contributed by atoms with Gasteiger partial charge < -0.3 is 14.9 Å². The zero-order chi connectivity index (χ0) is 10.9. The molecule has 0 aromatic carbocycles. The second-order valence-corrected chi connectivity index (χ2v) is 2.91. The highest BCUT2D eigenvalue weighted by molar-refractivity contribution is 4.71. The van der Waals surface area contributed by atoms with Crippen LogP contribution in [-0.2, 0) is 4.74 Å². The molecule has 3 nitrogen and oxygen atoms in total. The fourth-order valence-corrected chi connectivity index (χ4v) is 1.12. The van der Waals surface area contributed by atoms with E-state index in [1.165, 1.54) is 0 Å². The Morgan fingerprint density at radius 1 is 1.15 bits per heavy atom. The summed E-state index contributed by atoms with van der Waals surface area (Å²) in [5.74, 6) is 0.508. The van der Waals surface area contributed by atoms with Gasteiger partial charge in [-0.05, 0) is 19.3 Å². The lowest BCUT2D eigenvalue weighted by molar-refractivity contribution is -0.0763. The maximum absolute atomic E-state index is 9.07. The van der Waals surface area contributed by atoms with Gasteiger partial charge in [-0.1, -0.05) is 20.8 Å². The zero-order valence-corrected chi connectivity index (χ0v) is 9.45. The van der Waals surface area contributed by atoms with Crippen molar-refractivity contribution in [1.82, 2.24) is 0 Å². The van der Waals surface area contributed by atoms with E-state index in [1.54, 1.807) is 0 Å². The summed E-state index contributed by atoms with van der Waals surface area (Å²) in [5, 5.41) is 16.1. The Balaban J connectivity index is 0. The summed E-state index contributed by atoms with van der Waals surface area (Å²) in [6.07, 6.45) is 0.992. The fourth-order valence-electron chi connectivity index (χ4n) is 1.12. The van der Waals surface area contributed by atoms with Crippen LogP contribution in [0.2, 0.25) is 0 Å². The van der Waals surface area contributed by atoms with Crippen molar-refractivity contribution in [2.24, 2.45) is 5.92 Å². The third kappa shape index (κ3) is 6.99. The van der Waals surface area contributed by atoms with Gasteiger partial charge in [-0.15, -0.1) is 0 Å². The Hall–Kier alpha value is -0.120. The Morgan fingerprint density at radius 2 is 1.62 bits per heavy atom. The summed E-state index contributed by atoms with van der Waals surface area (Å²) in [4.78, 5) is 0. The quantitative estimate of drug-likeness (QED) is 0.610. The molecule has 3 atom stereocenters. The van der Waals surface area contributed by atoms with Crippen LogP contribution in [0.1, 0.15) is 34.1 Å². The molecular formula is C10H24O3. The minimum absolute atomic E-state index is 0.226. The van der Waals surface area contributed by atoms with Crippen LogP contribution < -0.4 is 0 Å². The maximum atomic E-state index is 9.07. The van der Waals surface area contributed by atoms with Crippen LogP contribution in [0.5, 0.6) is 0 Å². The molecule has 1 unspecified atom stereocenters. The summed E-state index contributed by atoms with van der Waals surface area (Å²) in [6, 6.07) is 0. The van der Waals surface area contributed by atoms with Crippen LogP contribution in [0.4, 0.5) is 0 Å². The van der Waals surface area contributed by atoms with Gasteiger partial charge in [0, 0.05) is 7.11 Å². The minimum Gasteiger partial charge on any atom is -0.400 e. The van der Waals surface area contributed by atoms with Gasteiger partial charge in [0.2, 0.25) is 0 Å². The predicted molar refractivity (Wildman–Crippen MR) is 54.7 cm³/mol. The Labute approximate surface area is 81.7 Å². The van der Waals surface area contributed by atoms with Crippen molar-refractivity contribution in [2.75, 3.05) is 13.7 Å². The molecule has 82 valence electrons. The SMILES string of the molecule is CC.CC1OC[C@@H](O)C[C@H]1C.CO. The third-order valence-corrected chi connectivity index (χ3v) is 2.00. The van der Waals surface area contributed by atoms with Crippen molar-refractivity contribution in [3.05, 3.63) is 0 Å². The monoisotopic (exact) mass is 192 g/mol. The van der Waals surface area contributed by atoms with E-state index in [1.807, 2.05) is 13.8 Å². The van der Waals surface area contributed by atoms with Crippen LogP contribution in [0.15, 0.2) is 0 Å². The molecule has 0 saturated carbocycles. The molecule has 1 rings (SSSR count). The van der Waals surface area contributed by atoms with E-state index in [0.717, 1.165) is 13.5 Å². The van der Waals surface area contributed by atoms with E-state index >= 15 is 0 Å². The molecule has 1 fully saturated rings. The smallest absolute Gasteiger partial charge is 0.0777 e. The molecule has 0 aromatic heterocycles. The third-order valence-electron chi connectivity index (χ3n) is 2.00. The van der Waals surface area contributed by atoms with Gasteiger partial charge in [0.25, 0.3) is 0 Å². The van der Waals surface area contributed by atoms with E-state index in [4.69, 9.17) is 14.9 Å². The molecule has 1 aliphatic rings. The minimum atomic E-state index is -0.226. The van der Waals surface area contributed by atoms with Gasteiger partial charge in [0.1, 0.15) is 0 Å². The van der Waals surface area contributed by atoms with Gasteiger partial charge >= 0.3 is 0 Å². The molecule has 1 saturated heterocycles. The van der Waals surface area contributed by atoms with Crippen molar-refractivity contribution >= 4 is 0 Å². The average Bonchev–Trinajstić information content (AvgIpc) is 2.18. The average molecular weight is 192 g/mol. The molecule has 1 heterocycles. The number of hydrogen-bond donors (Lipinski definition) is 2. The molecule has 3 heteroatoms. The Kier molecular flexibility index (Phi) is 11.8. The summed E-state index contributed by atoms with van der Waals surface area (Å²) >= 11 is 0. The standard InChI is InChI=1S/C7H14O2.C2H6.CH4O/c1-5-3-7(8)4-9-6(5)2;2*1-2/h5-8H,3-4H2,1-2H3;1-2H3;2H,1H3/t5-,6?,7+;;/m1../s1. The van der Waals surface area contributed by atoms with E-state index in [2.05, 4.69) is 13.8 Å². The lowest BCUT2D eigenvalue weighted by Gasteiger charge is -2.29. The van der Waals surface area contributed by atoms with Crippen molar-refractivity contribution < 1.29 is 14.9 Å². The largest absolute Gasteiger partial charge is 0.400 e. The first-order valence-electron chi connectivity index (χ1n) is 4.94. The molecule has 0 amide bonds. The number of aliphatic hydroxyl groups is 2. The molecule has 0 bridgehead atoms. The zero-order valence-electron chi connectivity index (χ0n) is 9.45. The van der Waals surface area contributed by atoms with Gasteiger partial charge in [-0.25, -0.2) is 0 Å². The van der Waals surface area contributed by atoms with Gasteiger partial charge in [0.15, 0.2) is 0 Å². The van der Waals surface area contributed by atoms with E-state index in [0.29, 0.717) is 18.6 Å². The highest BCUT2D eigenvalue weighted by Crippen LogP contribution is 2.19. The molecule has 0 spiro atoms. The van der Waals surface area contributed by atoms with Gasteiger partial charge in [-0.3, -0.25) is 0 Å². The molecule has 0 aliphatic carbocycles. The van der Waals surface area contributed by atoms with E-state index in [-0.39, 0.29) is 6.10 Å². The molecule has 0 aromatic rings. The molecule has 0 radical (unpaired) electrons. The van der Waals surface area contributed by atoms with E-state index in [9.17, 15) is 0 Å². The first-order valence-corrected chi connectivity index (χ1v) is 4.94. The van der Waals surface area contributed by atoms with E-state index < -0.39 is 0 Å². The van der Waals surface area contributed by atoms with Gasteiger partial charge in [-0.2, -0.15) is 0 Å². The summed E-state index contributed by atoms with van der Waals surface area (Å²) < 4.78 is 5.25. The summed E-state index contributed by atoms with van der Waals surface area (Å²) in [6.45, 7) is 8.68. The maximum Gasteiger partial charge on any atom is 0.0777 e. The summed E-state index contributed by atoms with van der Waals surface area (Å²) in [5.41, 5.74) is 0. The number of aliphatic hydroxyl groups excluding tert-OH is 2. The Bertz CT molecular complexity index is 96.2. The summed E-state index contributed by atoms with van der Waals surface area (Å²) in [7, 11) is 1.00. The van der Waals surface area contributed by atoms with Crippen LogP contribution >= 0.6 is 0 Å². The first kappa shape index (κ1) is 15.4. The highest BCUT2D eigenvalue weighted by Gasteiger charge is 2.22. The Morgan fingerprint density at radius 3 is 1.92 bits per heavy atom. The van der Waals surface area contributed by atoms with Crippen molar-refractivity contribution in [3.8, 4) is 0 Å². The molecule has 1 aliphatic heterocycles. The fraction of sp³-hybridized carbons (Fsp3) is 1.00. The van der Waals surface area contributed by atoms with Crippen molar-refractivity contribution in [2.45, 2.75) is 46.3 Å². The number of ether oxygens (including phenoxy) is 1. The lowest BCUT2D eigenvalue weighted by Crippen LogP contribution is -2.33. The number of rotatable bonds is 0. The normalized spacial score (nSPS) is 32.1. The van der Waals surface area contributed by atoms with Crippen LogP contribution in [0.3, 0.4) is 0 Å².